The van der Waals surface area contributed by atoms with Gasteiger partial charge in [-0.1, -0.05) is 0 Å². The van der Waals surface area contributed by atoms with Gasteiger partial charge < -0.3 is 5.73 Å². The third-order valence-corrected chi connectivity index (χ3v) is 4.55. The van der Waals surface area contributed by atoms with Gasteiger partial charge >= 0.3 is 0 Å². The molecule has 0 unspecified atom stereocenters. The van der Waals surface area contributed by atoms with Gasteiger partial charge in [0.2, 0.25) is 10.0 Å². The van der Waals surface area contributed by atoms with Crippen LogP contribution in [0.4, 0.5) is 5.82 Å². The first-order valence-electron chi connectivity index (χ1n) is 6.05. The number of H-pyrrole nitrogens is 1. The molecular formula is C10H17N7O2S. The van der Waals surface area contributed by atoms with Crippen LogP contribution >= 0.6 is 0 Å². The van der Waals surface area contributed by atoms with Crippen molar-refractivity contribution < 1.29 is 8.42 Å². The van der Waals surface area contributed by atoms with E-state index in [1.54, 1.807) is 14.0 Å². The fourth-order valence-electron chi connectivity index (χ4n) is 1.83. The predicted octanol–water partition coefficient (Wildman–Crippen LogP) is -0.660. The quantitative estimate of drug-likeness (QED) is 0.607. The van der Waals surface area contributed by atoms with E-state index in [0.717, 1.165) is 5.82 Å². The third-order valence-electron chi connectivity index (χ3n) is 2.92. The first kappa shape index (κ1) is 14.5. The molecule has 0 fully saturated rings. The van der Waals surface area contributed by atoms with Crippen molar-refractivity contribution in [3.8, 4) is 0 Å². The summed E-state index contributed by atoms with van der Waals surface area (Å²) in [4.78, 5) is 4.00. The normalized spacial score (nSPS) is 11.9. The minimum atomic E-state index is -3.65. The number of hydrogen-bond donors (Lipinski definition) is 3. The van der Waals surface area contributed by atoms with Gasteiger partial charge in [0.05, 0.1) is 5.69 Å². The summed E-state index contributed by atoms with van der Waals surface area (Å²) < 4.78 is 28.3. The van der Waals surface area contributed by atoms with Gasteiger partial charge in [-0.25, -0.2) is 18.1 Å². The Kier molecular flexibility index (Phi) is 4.04. The van der Waals surface area contributed by atoms with Crippen LogP contribution in [0.25, 0.3) is 0 Å². The Labute approximate surface area is 116 Å². The minimum Gasteiger partial charge on any atom is -0.381 e. The lowest BCUT2D eigenvalue weighted by molar-refractivity contribution is 0.577. The van der Waals surface area contributed by atoms with Crippen LogP contribution in [0.2, 0.25) is 0 Å². The molecular weight excluding hydrogens is 282 g/mol. The summed E-state index contributed by atoms with van der Waals surface area (Å²) >= 11 is 0. The van der Waals surface area contributed by atoms with Crippen molar-refractivity contribution >= 4 is 15.8 Å². The molecule has 2 aromatic heterocycles. The van der Waals surface area contributed by atoms with Crippen molar-refractivity contribution in [2.75, 3.05) is 12.3 Å². The molecule has 0 aliphatic heterocycles. The molecule has 2 heterocycles. The lowest BCUT2D eigenvalue weighted by Crippen LogP contribution is -2.26. The van der Waals surface area contributed by atoms with Crippen molar-refractivity contribution in [3.63, 3.8) is 0 Å². The summed E-state index contributed by atoms with van der Waals surface area (Å²) in [6, 6.07) is 0. The molecule has 0 saturated carbocycles. The van der Waals surface area contributed by atoms with E-state index in [1.807, 2.05) is 0 Å². The van der Waals surface area contributed by atoms with Crippen LogP contribution in [-0.2, 0) is 23.5 Å². The van der Waals surface area contributed by atoms with Gasteiger partial charge in [0.25, 0.3) is 0 Å². The molecule has 0 saturated heterocycles. The number of anilines is 1. The molecule has 10 heteroatoms. The van der Waals surface area contributed by atoms with Crippen LogP contribution in [0, 0.1) is 6.92 Å². The highest BCUT2D eigenvalue weighted by atomic mass is 32.2. The Bertz CT molecular complexity index is 675. The molecule has 0 amide bonds. The summed E-state index contributed by atoms with van der Waals surface area (Å²) in [5.74, 6) is 0.731. The van der Waals surface area contributed by atoms with Crippen LogP contribution in [0.15, 0.2) is 11.2 Å². The molecule has 0 aromatic carbocycles. The van der Waals surface area contributed by atoms with Crippen LogP contribution in [0.1, 0.15) is 17.9 Å². The Hall–Kier alpha value is -1.94. The molecule has 0 atom stereocenters. The summed E-state index contributed by atoms with van der Waals surface area (Å²) in [6.45, 7) is 1.95. The predicted molar refractivity (Wildman–Crippen MR) is 72.2 cm³/mol. The Morgan fingerprint density at radius 1 is 1.50 bits per heavy atom. The van der Waals surface area contributed by atoms with Crippen molar-refractivity contribution in [3.05, 3.63) is 17.8 Å². The maximum Gasteiger partial charge on any atom is 0.246 e. The average Bonchev–Trinajstić information content (AvgIpc) is 2.95. The van der Waals surface area contributed by atoms with Gasteiger partial charge in [-0.2, -0.15) is 10.2 Å². The lowest BCUT2D eigenvalue weighted by atomic mass is 10.3. The average molecular weight is 299 g/mol. The zero-order valence-electron chi connectivity index (χ0n) is 11.3. The van der Waals surface area contributed by atoms with Crippen molar-refractivity contribution in [1.82, 2.24) is 29.7 Å². The molecule has 2 aromatic rings. The number of nitrogen functional groups attached to an aromatic ring is 1. The summed E-state index contributed by atoms with van der Waals surface area (Å²) in [5.41, 5.74) is 6.14. The second kappa shape index (κ2) is 5.59. The number of aromatic nitrogens is 5. The Morgan fingerprint density at radius 3 is 2.80 bits per heavy atom. The zero-order valence-corrected chi connectivity index (χ0v) is 12.1. The molecule has 9 nitrogen and oxygen atoms in total. The molecule has 0 aliphatic carbocycles. The van der Waals surface area contributed by atoms with Gasteiger partial charge in [-0.15, -0.1) is 0 Å². The van der Waals surface area contributed by atoms with Gasteiger partial charge in [0.15, 0.2) is 5.82 Å². The first-order chi connectivity index (χ1) is 9.42. The van der Waals surface area contributed by atoms with Crippen molar-refractivity contribution in [1.29, 1.82) is 0 Å². The number of nitrogens with two attached hydrogens (primary N) is 1. The largest absolute Gasteiger partial charge is 0.381 e. The number of hydrogen-bond acceptors (Lipinski definition) is 6. The SMILES string of the molecule is Cc1c(S(=O)(=O)NCCCc2ncn[nH]2)c(N)nn1C. The maximum atomic E-state index is 12.2. The Morgan fingerprint density at radius 2 is 2.25 bits per heavy atom. The highest BCUT2D eigenvalue weighted by Crippen LogP contribution is 2.20. The second-order valence-corrected chi connectivity index (χ2v) is 6.06. The van der Waals surface area contributed by atoms with E-state index in [1.165, 1.54) is 11.0 Å². The molecule has 0 aliphatic rings. The number of sulfonamides is 1. The van der Waals surface area contributed by atoms with E-state index < -0.39 is 10.0 Å². The van der Waals surface area contributed by atoms with Crippen LogP contribution < -0.4 is 10.5 Å². The number of aromatic amines is 1. The zero-order chi connectivity index (χ0) is 14.8. The highest BCUT2D eigenvalue weighted by molar-refractivity contribution is 7.89. The molecule has 4 N–H and O–H groups in total. The van der Waals surface area contributed by atoms with E-state index in [0.29, 0.717) is 18.5 Å². The van der Waals surface area contributed by atoms with Gasteiger partial charge in [-0.05, 0) is 13.3 Å². The van der Waals surface area contributed by atoms with E-state index in [-0.39, 0.29) is 17.3 Å². The monoisotopic (exact) mass is 299 g/mol. The number of aryl methyl sites for hydroxylation is 2. The third kappa shape index (κ3) is 2.96. The van der Waals surface area contributed by atoms with E-state index in [2.05, 4.69) is 25.0 Å². The first-order valence-corrected chi connectivity index (χ1v) is 7.53. The molecule has 0 bridgehead atoms. The molecule has 110 valence electrons. The highest BCUT2D eigenvalue weighted by Gasteiger charge is 2.23. The van der Waals surface area contributed by atoms with Crippen molar-refractivity contribution in [2.24, 2.45) is 7.05 Å². The lowest BCUT2D eigenvalue weighted by Gasteiger charge is -2.06. The van der Waals surface area contributed by atoms with Crippen LogP contribution in [-0.4, -0.2) is 39.9 Å². The number of nitrogens with zero attached hydrogens (tertiary/aromatic N) is 4. The van der Waals surface area contributed by atoms with Crippen LogP contribution in [0.3, 0.4) is 0 Å². The topological polar surface area (TPSA) is 132 Å². The summed E-state index contributed by atoms with van der Waals surface area (Å²) in [5, 5.41) is 10.3. The second-order valence-electron chi connectivity index (χ2n) is 4.36. The molecule has 2 rings (SSSR count). The Balaban J connectivity index is 1.97. The summed E-state index contributed by atoms with van der Waals surface area (Å²) in [7, 11) is -2.00. The van der Waals surface area contributed by atoms with E-state index in [9.17, 15) is 8.42 Å². The van der Waals surface area contributed by atoms with Crippen LogP contribution in [0.5, 0.6) is 0 Å². The van der Waals surface area contributed by atoms with Crippen molar-refractivity contribution in [2.45, 2.75) is 24.7 Å². The number of nitrogens with one attached hydrogen (secondary N) is 2. The standard InChI is InChI=1S/C10H17N7O2S/c1-7-9(10(11)16-17(7)2)20(18,19)14-5-3-4-8-12-6-13-15-8/h6,14H,3-5H2,1-2H3,(H2,11,16)(H,12,13,15). The molecule has 0 spiro atoms. The minimum absolute atomic E-state index is 0.00716. The maximum absolute atomic E-state index is 12.2. The number of rotatable bonds is 6. The fourth-order valence-corrected chi connectivity index (χ4v) is 3.23. The summed E-state index contributed by atoms with van der Waals surface area (Å²) in [6.07, 6.45) is 2.64. The molecule has 0 radical (unpaired) electrons. The molecule has 20 heavy (non-hydrogen) atoms. The smallest absolute Gasteiger partial charge is 0.246 e. The van der Waals surface area contributed by atoms with Gasteiger partial charge in [0, 0.05) is 20.0 Å². The fraction of sp³-hybridized carbons (Fsp3) is 0.500. The van der Waals surface area contributed by atoms with E-state index in [4.69, 9.17) is 5.73 Å². The van der Waals surface area contributed by atoms with Gasteiger partial charge in [-0.3, -0.25) is 9.78 Å². The van der Waals surface area contributed by atoms with E-state index >= 15 is 0 Å². The van der Waals surface area contributed by atoms with Gasteiger partial charge in [0.1, 0.15) is 17.0 Å².